The number of rotatable bonds is 0. The second-order valence-electron chi connectivity index (χ2n) is 1.59. The number of carbonyl (C=O) groups is 1. The summed E-state index contributed by atoms with van der Waals surface area (Å²) in [5, 5.41) is 8.69. The molecule has 1 aliphatic carbocycles. The highest BCUT2D eigenvalue weighted by Crippen LogP contribution is 1.96. The maximum Gasteiger partial charge on any atom is 0.188 e. The van der Waals surface area contributed by atoms with Crippen LogP contribution in [0.2, 0.25) is 0 Å². The fourth-order valence-corrected chi connectivity index (χ4v) is 0.513. The Morgan fingerprint density at radius 3 is 2.62 bits per heavy atom. The number of aliphatic hydroxyl groups is 1. The second-order valence-corrected chi connectivity index (χ2v) is 1.59. The first kappa shape index (κ1) is 5.25. The molecule has 2 heteroatoms. The Morgan fingerprint density at radius 1 is 1.50 bits per heavy atom. The van der Waals surface area contributed by atoms with Gasteiger partial charge in [-0.3, -0.25) is 4.79 Å². The van der Waals surface area contributed by atoms with Crippen molar-refractivity contribution >= 4 is 5.78 Å². The number of allylic oxidation sites excluding steroid dienone is 2. The van der Waals surface area contributed by atoms with Crippen molar-refractivity contribution in [2.45, 2.75) is 6.10 Å². The van der Waals surface area contributed by atoms with Crippen LogP contribution < -0.4 is 0 Å². The van der Waals surface area contributed by atoms with Crippen LogP contribution in [0.1, 0.15) is 0 Å². The van der Waals surface area contributed by atoms with E-state index in [1.807, 2.05) is 0 Å². The summed E-state index contributed by atoms with van der Waals surface area (Å²) in [6.45, 7) is 0. The largest absolute Gasteiger partial charge is 0.381 e. The number of hydrogen-bond donors (Lipinski definition) is 1. The van der Waals surface area contributed by atoms with E-state index in [4.69, 9.17) is 5.11 Å². The molecule has 0 saturated heterocycles. The first-order valence-corrected chi connectivity index (χ1v) is 2.37. The van der Waals surface area contributed by atoms with E-state index >= 15 is 0 Å². The van der Waals surface area contributed by atoms with Gasteiger partial charge in [0.15, 0.2) is 5.78 Å². The van der Waals surface area contributed by atoms with Crippen molar-refractivity contribution in [1.82, 2.24) is 0 Å². The fourth-order valence-electron chi connectivity index (χ4n) is 0.513. The normalized spacial score (nSPS) is 26.6. The number of carbonyl (C=O) groups excluding carboxylic acids is 1. The van der Waals surface area contributed by atoms with E-state index in [0.29, 0.717) is 0 Å². The minimum Gasteiger partial charge on any atom is -0.381 e. The van der Waals surface area contributed by atoms with E-state index in [1.54, 1.807) is 12.2 Å². The van der Waals surface area contributed by atoms with E-state index in [9.17, 15) is 4.79 Å². The van der Waals surface area contributed by atoms with Crippen LogP contribution in [0.5, 0.6) is 0 Å². The maximum atomic E-state index is 10.4. The van der Waals surface area contributed by atoms with Crippen LogP contribution in [0.15, 0.2) is 24.3 Å². The number of aliphatic hydroxyl groups excluding tert-OH is 1. The lowest BCUT2D eigenvalue weighted by molar-refractivity contribution is -0.120. The summed E-state index contributed by atoms with van der Waals surface area (Å²) in [5.41, 5.74) is 0. The highest BCUT2D eigenvalue weighted by molar-refractivity contribution is 5.96. The van der Waals surface area contributed by atoms with E-state index in [-0.39, 0.29) is 5.78 Å². The summed E-state index contributed by atoms with van der Waals surface area (Å²) in [5.74, 6) is -0.243. The molecule has 2 nitrogen and oxygen atoms in total. The molecular formula is C6H6O2. The van der Waals surface area contributed by atoms with Gasteiger partial charge in [0.2, 0.25) is 0 Å². The first-order valence-electron chi connectivity index (χ1n) is 2.37. The third-order valence-electron chi connectivity index (χ3n) is 0.957. The highest BCUT2D eigenvalue weighted by Gasteiger charge is 2.08. The summed E-state index contributed by atoms with van der Waals surface area (Å²) in [7, 11) is 0. The lowest BCUT2D eigenvalue weighted by Crippen LogP contribution is -2.16. The van der Waals surface area contributed by atoms with E-state index in [0.717, 1.165) is 0 Å². The number of ketones is 1. The molecule has 1 rings (SSSR count). The van der Waals surface area contributed by atoms with Crippen molar-refractivity contribution < 1.29 is 9.90 Å². The van der Waals surface area contributed by atoms with Crippen LogP contribution in [0, 0.1) is 0 Å². The van der Waals surface area contributed by atoms with Crippen LogP contribution in [0.4, 0.5) is 0 Å². The van der Waals surface area contributed by atoms with Gasteiger partial charge in [0, 0.05) is 0 Å². The van der Waals surface area contributed by atoms with Gasteiger partial charge in [-0.25, -0.2) is 0 Å². The highest BCUT2D eigenvalue weighted by atomic mass is 16.3. The van der Waals surface area contributed by atoms with Gasteiger partial charge in [-0.2, -0.15) is 0 Å². The van der Waals surface area contributed by atoms with E-state index in [2.05, 4.69) is 0 Å². The minimum atomic E-state index is -0.903. The average molecular weight is 110 g/mol. The Morgan fingerprint density at radius 2 is 2.25 bits per heavy atom. The molecule has 0 bridgehead atoms. The minimum absolute atomic E-state index is 0.243. The molecule has 0 aromatic rings. The van der Waals surface area contributed by atoms with Crippen molar-refractivity contribution in [1.29, 1.82) is 0 Å². The smallest absolute Gasteiger partial charge is 0.188 e. The topological polar surface area (TPSA) is 37.3 Å². The Hall–Kier alpha value is -0.890. The summed E-state index contributed by atoms with van der Waals surface area (Å²) in [6, 6.07) is 0. The van der Waals surface area contributed by atoms with Gasteiger partial charge < -0.3 is 5.11 Å². The maximum absolute atomic E-state index is 10.4. The summed E-state index contributed by atoms with van der Waals surface area (Å²) in [4.78, 5) is 10.4. The zero-order valence-electron chi connectivity index (χ0n) is 4.24. The van der Waals surface area contributed by atoms with Gasteiger partial charge >= 0.3 is 0 Å². The van der Waals surface area contributed by atoms with Gasteiger partial charge in [0.1, 0.15) is 6.10 Å². The Bertz CT molecular complexity index is 156. The SMILES string of the molecule is O=C1C=CC=C[C@H]1O. The van der Waals surface area contributed by atoms with E-state index < -0.39 is 6.10 Å². The standard InChI is InChI=1S/C6H6O2/c7-5-3-1-2-4-6(5)8/h1-5,7H/t5-/m1/s1. The molecule has 8 heavy (non-hydrogen) atoms. The van der Waals surface area contributed by atoms with Gasteiger partial charge in [-0.15, -0.1) is 0 Å². The Balaban J connectivity index is 2.74. The first-order chi connectivity index (χ1) is 3.80. The van der Waals surface area contributed by atoms with Crippen LogP contribution in [0.3, 0.4) is 0 Å². The molecule has 0 saturated carbocycles. The lowest BCUT2D eigenvalue weighted by atomic mass is 10.1. The Kier molecular flexibility index (Phi) is 1.26. The molecule has 42 valence electrons. The quantitative estimate of drug-likeness (QED) is 0.478. The average Bonchev–Trinajstić information content (AvgIpc) is 1.77. The molecule has 0 spiro atoms. The molecule has 1 atom stereocenters. The van der Waals surface area contributed by atoms with Crippen molar-refractivity contribution in [3.8, 4) is 0 Å². The molecule has 1 aliphatic rings. The van der Waals surface area contributed by atoms with Crippen LogP contribution >= 0.6 is 0 Å². The summed E-state index contributed by atoms with van der Waals surface area (Å²) < 4.78 is 0. The van der Waals surface area contributed by atoms with Crippen molar-refractivity contribution in [2.75, 3.05) is 0 Å². The van der Waals surface area contributed by atoms with Gasteiger partial charge in [0.25, 0.3) is 0 Å². The fraction of sp³-hybridized carbons (Fsp3) is 0.167. The molecule has 0 amide bonds. The molecule has 0 aromatic carbocycles. The van der Waals surface area contributed by atoms with Crippen LogP contribution in [0.25, 0.3) is 0 Å². The van der Waals surface area contributed by atoms with Crippen molar-refractivity contribution in [3.05, 3.63) is 24.3 Å². The van der Waals surface area contributed by atoms with E-state index in [1.165, 1.54) is 12.2 Å². The molecular weight excluding hydrogens is 104 g/mol. The molecule has 0 heterocycles. The van der Waals surface area contributed by atoms with Crippen molar-refractivity contribution in [2.24, 2.45) is 0 Å². The number of hydrogen-bond acceptors (Lipinski definition) is 2. The Labute approximate surface area is 47.1 Å². The lowest BCUT2D eigenvalue weighted by Gasteiger charge is -2.00. The van der Waals surface area contributed by atoms with Crippen LogP contribution in [-0.4, -0.2) is 17.0 Å². The summed E-state index contributed by atoms with van der Waals surface area (Å²) in [6.07, 6.45) is 5.15. The molecule has 0 radical (unpaired) electrons. The zero-order chi connectivity index (χ0) is 5.98. The third kappa shape index (κ3) is 0.845. The molecule has 0 unspecified atom stereocenters. The van der Waals surface area contributed by atoms with Gasteiger partial charge in [-0.05, 0) is 12.2 Å². The monoisotopic (exact) mass is 110 g/mol. The van der Waals surface area contributed by atoms with Crippen molar-refractivity contribution in [3.63, 3.8) is 0 Å². The molecule has 0 aliphatic heterocycles. The molecule has 1 N–H and O–H groups in total. The van der Waals surface area contributed by atoms with Crippen LogP contribution in [-0.2, 0) is 4.79 Å². The molecule has 0 aromatic heterocycles. The molecule has 0 fully saturated rings. The predicted molar refractivity (Wildman–Crippen MR) is 29.3 cm³/mol. The predicted octanol–water partition coefficient (Wildman–Crippen LogP) is 0.0424. The van der Waals surface area contributed by atoms with Gasteiger partial charge in [0.05, 0.1) is 0 Å². The second kappa shape index (κ2) is 1.92. The zero-order valence-corrected chi connectivity index (χ0v) is 4.24. The third-order valence-corrected chi connectivity index (χ3v) is 0.957. The summed E-state index contributed by atoms with van der Waals surface area (Å²) >= 11 is 0. The van der Waals surface area contributed by atoms with Gasteiger partial charge in [-0.1, -0.05) is 12.2 Å².